The van der Waals surface area contributed by atoms with E-state index in [1.807, 2.05) is 12.3 Å². The first-order valence-corrected chi connectivity index (χ1v) is 8.83. The van der Waals surface area contributed by atoms with Gasteiger partial charge < -0.3 is 20.7 Å². The average molecular weight is 370 g/mol. The highest BCUT2D eigenvalue weighted by molar-refractivity contribution is 6.00. The largest absolute Gasteiger partial charge is 0.383 e. The van der Waals surface area contributed by atoms with Gasteiger partial charge in [0.25, 0.3) is 5.91 Å². The minimum Gasteiger partial charge on any atom is -0.383 e. The van der Waals surface area contributed by atoms with Crippen molar-refractivity contribution in [2.45, 2.75) is 25.4 Å². The van der Waals surface area contributed by atoms with E-state index in [1.54, 1.807) is 35.7 Å². The lowest BCUT2D eigenvalue weighted by Gasteiger charge is -2.09. The predicted molar refractivity (Wildman–Crippen MR) is 100 cm³/mol. The van der Waals surface area contributed by atoms with E-state index in [1.165, 1.54) is 0 Å². The van der Waals surface area contributed by atoms with Crippen LogP contribution in [0.15, 0.2) is 24.7 Å². The van der Waals surface area contributed by atoms with E-state index in [2.05, 4.69) is 31.1 Å². The monoisotopic (exact) mass is 370 g/mol. The van der Waals surface area contributed by atoms with E-state index in [0.29, 0.717) is 30.2 Å². The summed E-state index contributed by atoms with van der Waals surface area (Å²) in [5.74, 6) is 1.17. The molecule has 0 atom stereocenters. The SMILES string of the molecule is CNc1cc(Nc2cnn(CCOC)c2)nc2c(C(=O)NC3CC3)cnn12. The number of nitrogens with zero attached hydrogens (tertiary/aromatic N) is 5. The molecule has 3 heterocycles. The molecule has 10 heteroatoms. The Morgan fingerprint density at radius 3 is 2.93 bits per heavy atom. The number of hydrogen-bond donors (Lipinski definition) is 3. The van der Waals surface area contributed by atoms with Crippen LogP contribution in [-0.4, -0.2) is 57.1 Å². The van der Waals surface area contributed by atoms with Gasteiger partial charge in [0.2, 0.25) is 0 Å². The van der Waals surface area contributed by atoms with Gasteiger partial charge in [-0.1, -0.05) is 0 Å². The van der Waals surface area contributed by atoms with Crippen LogP contribution < -0.4 is 16.0 Å². The number of methoxy groups -OCH3 is 1. The maximum absolute atomic E-state index is 12.5. The Bertz CT molecular complexity index is 959. The molecule has 0 saturated heterocycles. The van der Waals surface area contributed by atoms with Crippen molar-refractivity contribution in [2.24, 2.45) is 0 Å². The van der Waals surface area contributed by atoms with Gasteiger partial charge in [-0.15, -0.1) is 0 Å². The Labute approximate surface area is 155 Å². The molecule has 3 N–H and O–H groups in total. The van der Waals surface area contributed by atoms with E-state index in [4.69, 9.17) is 4.74 Å². The second-order valence-electron chi connectivity index (χ2n) is 6.43. The van der Waals surface area contributed by atoms with Crippen LogP contribution in [0.3, 0.4) is 0 Å². The van der Waals surface area contributed by atoms with Crippen molar-refractivity contribution in [1.82, 2.24) is 29.7 Å². The predicted octanol–water partition coefficient (Wildman–Crippen LogP) is 1.25. The van der Waals surface area contributed by atoms with Crippen LogP contribution in [-0.2, 0) is 11.3 Å². The smallest absolute Gasteiger partial charge is 0.256 e. The standard InChI is InChI=1S/C17H22N8O2/c1-18-15-7-14(21-12-8-19-24(10-12)5-6-27-2)23-16-13(9-20-25(15)16)17(26)22-11-3-4-11/h7-11,18H,3-6H2,1-2H3,(H,21,23)(H,22,26). The van der Waals surface area contributed by atoms with Gasteiger partial charge in [-0.3, -0.25) is 9.48 Å². The third kappa shape index (κ3) is 3.70. The Morgan fingerprint density at radius 1 is 1.33 bits per heavy atom. The number of fused-ring (bicyclic) bond motifs is 1. The molecule has 1 fully saturated rings. The van der Waals surface area contributed by atoms with Crippen molar-refractivity contribution < 1.29 is 9.53 Å². The third-order valence-corrected chi connectivity index (χ3v) is 4.32. The molecule has 0 unspecified atom stereocenters. The summed E-state index contributed by atoms with van der Waals surface area (Å²) in [6.45, 7) is 1.26. The summed E-state index contributed by atoms with van der Waals surface area (Å²) in [5, 5.41) is 17.9. The molecule has 142 valence electrons. The molecule has 3 aromatic rings. The summed E-state index contributed by atoms with van der Waals surface area (Å²) in [7, 11) is 3.45. The molecule has 0 aromatic carbocycles. The quantitative estimate of drug-likeness (QED) is 0.547. The lowest BCUT2D eigenvalue weighted by Crippen LogP contribution is -2.25. The normalized spacial score (nSPS) is 13.7. The Kier molecular flexibility index (Phi) is 4.63. The molecule has 27 heavy (non-hydrogen) atoms. The molecule has 10 nitrogen and oxygen atoms in total. The van der Waals surface area contributed by atoms with Gasteiger partial charge in [-0.25, -0.2) is 4.98 Å². The van der Waals surface area contributed by atoms with Crippen LogP contribution in [0.1, 0.15) is 23.2 Å². The van der Waals surface area contributed by atoms with Gasteiger partial charge in [-0.05, 0) is 12.8 Å². The maximum atomic E-state index is 12.5. The number of carbonyl (C=O) groups excluding carboxylic acids is 1. The highest BCUT2D eigenvalue weighted by Crippen LogP contribution is 2.23. The first-order valence-electron chi connectivity index (χ1n) is 8.83. The fourth-order valence-electron chi connectivity index (χ4n) is 2.74. The fourth-order valence-corrected chi connectivity index (χ4v) is 2.74. The van der Waals surface area contributed by atoms with Crippen molar-refractivity contribution in [1.29, 1.82) is 0 Å². The average Bonchev–Trinajstić information content (AvgIpc) is 3.20. The summed E-state index contributed by atoms with van der Waals surface area (Å²) in [4.78, 5) is 17.1. The fraction of sp³-hybridized carbons (Fsp3) is 0.412. The number of carbonyl (C=O) groups is 1. The van der Waals surface area contributed by atoms with Crippen LogP contribution in [0, 0.1) is 0 Å². The highest BCUT2D eigenvalue weighted by Gasteiger charge is 2.26. The Hall–Kier alpha value is -3.14. The number of nitrogens with one attached hydrogen (secondary N) is 3. The lowest BCUT2D eigenvalue weighted by atomic mass is 10.3. The van der Waals surface area contributed by atoms with Gasteiger partial charge in [0.15, 0.2) is 5.65 Å². The van der Waals surface area contributed by atoms with E-state index in [0.717, 1.165) is 24.3 Å². The zero-order valence-electron chi connectivity index (χ0n) is 15.3. The molecule has 0 spiro atoms. The first kappa shape index (κ1) is 17.3. The molecule has 0 aliphatic heterocycles. The third-order valence-electron chi connectivity index (χ3n) is 4.32. The summed E-state index contributed by atoms with van der Waals surface area (Å²) in [6.07, 6.45) is 7.20. The summed E-state index contributed by atoms with van der Waals surface area (Å²) < 4.78 is 8.47. The van der Waals surface area contributed by atoms with Gasteiger partial charge in [0.05, 0.1) is 31.2 Å². The van der Waals surface area contributed by atoms with Gasteiger partial charge in [0, 0.05) is 32.5 Å². The minimum atomic E-state index is -0.147. The van der Waals surface area contributed by atoms with Gasteiger partial charge in [-0.2, -0.15) is 14.7 Å². The molecule has 1 aliphatic rings. The number of anilines is 3. The van der Waals surface area contributed by atoms with Crippen molar-refractivity contribution in [3.63, 3.8) is 0 Å². The Morgan fingerprint density at radius 2 is 2.19 bits per heavy atom. The summed E-state index contributed by atoms with van der Waals surface area (Å²) in [6, 6.07) is 2.10. The number of amides is 1. The van der Waals surface area contributed by atoms with E-state index >= 15 is 0 Å². The van der Waals surface area contributed by atoms with Crippen molar-refractivity contribution in [3.8, 4) is 0 Å². The summed E-state index contributed by atoms with van der Waals surface area (Å²) in [5.41, 5.74) is 1.75. The summed E-state index contributed by atoms with van der Waals surface area (Å²) >= 11 is 0. The van der Waals surface area contributed by atoms with Crippen LogP contribution >= 0.6 is 0 Å². The maximum Gasteiger partial charge on any atom is 0.256 e. The molecule has 3 aromatic heterocycles. The van der Waals surface area contributed by atoms with E-state index in [9.17, 15) is 4.79 Å². The zero-order chi connectivity index (χ0) is 18.8. The molecular weight excluding hydrogens is 348 g/mol. The van der Waals surface area contributed by atoms with Crippen LogP contribution in [0.25, 0.3) is 5.65 Å². The second kappa shape index (κ2) is 7.23. The molecule has 0 bridgehead atoms. The number of ether oxygens (including phenoxy) is 1. The van der Waals surface area contributed by atoms with E-state index < -0.39 is 0 Å². The second-order valence-corrected chi connectivity index (χ2v) is 6.43. The minimum absolute atomic E-state index is 0.147. The van der Waals surface area contributed by atoms with Gasteiger partial charge >= 0.3 is 0 Å². The molecule has 1 aliphatic carbocycles. The van der Waals surface area contributed by atoms with Crippen molar-refractivity contribution in [3.05, 3.63) is 30.2 Å². The molecule has 4 rings (SSSR count). The van der Waals surface area contributed by atoms with Crippen LogP contribution in [0.5, 0.6) is 0 Å². The first-order chi connectivity index (χ1) is 13.2. The van der Waals surface area contributed by atoms with Crippen LogP contribution in [0.4, 0.5) is 17.3 Å². The highest BCUT2D eigenvalue weighted by atomic mass is 16.5. The number of hydrogen-bond acceptors (Lipinski definition) is 7. The van der Waals surface area contributed by atoms with Crippen molar-refractivity contribution in [2.75, 3.05) is 31.4 Å². The molecular formula is C17H22N8O2. The molecule has 0 radical (unpaired) electrons. The number of aromatic nitrogens is 5. The molecule has 1 amide bonds. The van der Waals surface area contributed by atoms with Crippen molar-refractivity contribution >= 4 is 28.9 Å². The zero-order valence-corrected chi connectivity index (χ0v) is 15.3. The van der Waals surface area contributed by atoms with Crippen LogP contribution in [0.2, 0.25) is 0 Å². The van der Waals surface area contributed by atoms with E-state index in [-0.39, 0.29) is 11.9 Å². The Balaban J connectivity index is 1.62. The van der Waals surface area contributed by atoms with Gasteiger partial charge in [0.1, 0.15) is 17.2 Å². The topological polar surface area (TPSA) is 110 Å². The molecule has 1 saturated carbocycles. The number of rotatable bonds is 8. The lowest BCUT2D eigenvalue weighted by molar-refractivity contribution is 0.0952.